The van der Waals surface area contributed by atoms with Crippen LogP contribution in [0.5, 0.6) is 5.75 Å². The second-order valence-corrected chi connectivity index (χ2v) is 5.05. The van der Waals surface area contributed by atoms with E-state index < -0.39 is 6.10 Å². The highest BCUT2D eigenvalue weighted by atomic mass is 16.5. The molecule has 1 amide bonds. The van der Waals surface area contributed by atoms with E-state index in [0.717, 1.165) is 25.9 Å². The van der Waals surface area contributed by atoms with E-state index in [2.05, 4.69) is 10.6 Å². The van der Waals surface area contributed by atoms with E-state index in [9.17, 15) is 9.90 Å². The molecule has 0 unspecified atom stereocenters. The maximum Gasteiger partial charge on any atom is 0.224 e. The van der Waals surface area contributed by atoms with E-state index in [1.54, 1.807) is 19.2 Å². The van der Waals surface area contributed by atoms with Gasteiger partial charge >= 0.3 is 0 Å². The van der Waals surface area contributed by atoms with Crippen LogP contribution in [0.25, 0.3) is 0 Å². The zero-order valence-electron chi connectivity index (χ0n) is 11.8. The van der Waals surface area contributed by atoms with Crippen LogP contribution in [-0.2, 0) is 4.79 Å². The predicted octanol–water partition coefficient (Wildman–Crippen LogP) is 0.844. The highest BCUT2D eigenvalue weighted by molar-refractivity contribution is 5.79. The Kier molecular flexibility index (Phi) is 5.38. The van der Waals surface area contributed by atoms with Crippen molar-refractivity contribution in [3.05, 3.63) is 29.8 Å². The number of ether oxygens (including phenoxy) is 1. The lowest BCUT2D eigenvalue weighted by atomic mass is 9.98. The molecule has 0 aromatic heterocycles. The lowest BCUT2D eigenvalue weighted by Gasteiger charge is -2.23. The van der Waals surface area contributed by atoms with Crippen LogP contribution in [0.15, 0.2) is 24.3 Å². The first-order valence-corrected chi connectivity index (χ1v) is 7.01. The molecule has 110 valence electrons. The standard InChI is InChI=1S/C15H22N2O3/c1-20-14-7-3-2-6-12(14)13(18)10-17-15(19)11-5-4-8-16-9-11/h2-3,6-7,11,13,16,18H,4-5,8-10H2,1H3,(H,17,19)/t11-,13-/m0/s1. The second kappa shape index (κ2) is 7.26. The fraction of sp³-hybridized carbons (Fsp3) is 0.533. The summed E-state index contributed by atoms with van der Waals surface area (Å²) in [5.41, 5.74) is 0.692. The molecular formula is C15H22N2O3. The third-order valence-electron chi connectivity index (χ3n) is 3.64. The minimum atomic E-state index is -0.758. The molecule has 1 saturated heterocycles. The number of nitrogens with one attached hydrogen (secondary N) is 2. The van der Waals surface area contributed by atoms with Crippen LogP contribution >= 0.6 is 0 Å². The number of benzene rings is 1. The molecule has 1 fully saturated rings. The van der Waals surface area contributed by atoms with Crippen molar-refractivity contribution >= 4 is 5.91 Å². The Morgan fingerprint density at radius 1 is 1.55 bits per heavy atom. The summed E-state index contributed by atoms with van der Waals surface area (Å²) in [5, 5.41) is 16.2. The molecule has 0 spiro atoms. The number of hydrogen-bond donors (Lipinski definition) is 3. The van der Waals surface area contributed by atoms with Gasteiger partial charge in [-0.15, -0.1) is 0 Å². The molecule has 5 nitrogen and oxygen atoms in total. The highest BCUT2D eigenvalue weighted by Gasteiger charge is 2.22. The molecule has 0 aliphatic carbocycles. The maximum atomic E-state index is 12.0. The van der Waals surface area contributed by atoms with Gasteiger partial charge in [-0.1, -0.05) is 18.2 Å². The van der Waals surface area contributed by atoms with Crippen LogP contribution in [0, 0.1) is 5.92 Å². The summed E-state index contributed by atoms with van der Waals surface area (Å²) < 4.78 is 5.21. The zero-order valence-corrected chi connectivity index (χ0v) is 11.8. The summed E-state index contributed by atoms with van der Waals surface area (Å²) in [7, 11) is 1.57. The van der Waals surface area contributed by atoms with E-state index in [-0.39, 0.29) is 18.4 Å². The first kappa shape index (κ1) is 14.8. The minimum absolute atomic E-state index is 0.00569. The zero-order chi connectivity index (χ0) is 14.4. The van der Waals surface area contributed by atoms with Crippen molar-refractivity contribution in [1.82, 2.24) is 10.6 Å². The van der Waals surface area contributed by atoms with Gasteiger partial charge in [-0.2, -0.15) is 0 Å². The number of amides is 1. The van der Waals surface area contributed by atoms with Gasteiger partial charge in [-0.3, -0.25) is 4.79 Å². The third-order valence-corrected chi connectivity index (χ3v) is 3.64. The van der Waals surface area contributed by atoms with Crippen molar-refractivity contribution in [2.24, 2.45) is 5.92 Å². The van der Waals surface area contributed by atoms with Crippen molar-refractivity contribution < 1.29 is 14.6 Å². The minimum Gasteiger partial charge on any atom is -0.496 e. The first-order valence-electron chi connectivity index (χ1n) is 7.01. The Hall–Kier alpha value is -1.59. The number of hydrogen-bond acceptors (Lipinski definition) is 4. The molecule has 3 N–H and O–H groups in total. The van der Waals surface area contributed by atoms with Crippen molar-refractivity contribution in [3.8, 4) is 5.75 Å². The van der Waals surface area contributed by atoms with Crippen LogP contribution in [-0.4, -0.2) is 37.8 Å². The molecule has 1 heterocycles. The normalized spacial score (nSPS) is 20.2. The molecule has 1 aromatic rings. The lowest BCUT2D eigenvalue weighted by Crippen LogP contribution is -2.41. The average Bonchev–Trinajstić information content (AvgIpc) is 2.53. The molecule has 0 saturated carbocycles. The predicted molar refractivity (Wildman–Crippen MR) is 76.6 cm³/mol. The van der Waals surface area contributed by atoms with Crippen LogP contribution < -0.4 is 15.4 Å². The Balaban J connectivity index is 1.88. The summed E-state index contributed by atoms with van der Waals surface area (Å²) >= 11 is 0. The molecule has 2 atom stereocenters. The summed E-state index contributed by atoms with van der Waals surface area (Å²) in [6.07, 6.45) is 1.17. The van der Waals surface area contributed by atoms with Gasteiger partial charge in [0.15, 0.2) is 0 Å². The smallest absolute Gasteiger partial charge is 0.224 e. The molecule has 1 aliphatic rings. The SMILES string of the molecule is COc1ccccc1[C@@H](O)CNC(=O)[C@H]1CCCNC1. The van der Waals surface area contributed by atoms with E-state index in [1.165, 1.54) is 0 Å². The Morgan fingerprint density at radius 2 is 2.35 bits per heavy atom. The number of aliphatic hydroxyl groups is 1. The topological polar surface area (TPSA) is 70.6 Å². The van der Waals surface area contributed by atoms with Gasteiger partial charge in [0, 0.05) is 18.7 Å². The van der Waals surface area contributed by atoms with Gasteiger partial charge in [0.25, 0.3) is 0 Å². The van der Waals surface area contributed by atoms with Crippen LogP contribution in [0.3, 0.4) is 0 Å². The third kappa shape index (κ3) is 3.71. The molecule has 2 rings (SSSR count). The maximum absolute atomic E-state index is 12.0. The Bertz CT molecular complexity index is 444. The van der Waals surface area contributed by atoms with Crippen molar-refractivity contribution in [2.75, 3.05) is 26.7 Å². The molecule has 1 aromatic carbocycles. The molecular weight excluding hydrogens is 256 g/mol. The molecule has 0 radical (unpaired) electrons. The first-order chi connectivity index (χ1) is 9.72. The average molecular weight is 278 g/mol. The van der Waals surface area contributed by atoms with E-state index in [4.69, 9.17) is 4.74 Å². The fourth-order valence-corrected chi connectivity index (χ4v) is 2.47. The van der Waals surface area contributed by atoms with Gasteiger partial charge in [-0.05, 0) is 25.5 Å². The van der Waals surface area contributed by atoms with Gasteiger partial charge in [-0.25, -0.2) is 0 Å². The number of aliphatic hydroxyl groups excluding tert-OH is 1. The van der Waals surface area contributed by atoms with Gasteiger partial charge < -0.3 is 20.5 Å². The monoisotopic (exact) mass is 278 g/mol. The number of piperidine rings is 1. The van der Waals surface area contributed by atoms with Crippen molar-refractivity contribution in [3.63, 3.8) is 0 Å². The summed E-state index contributed by atoms with van der Waals surface area (Å²) in [6, 6.07) is 7.29. The van der Waals surface area contributed by atoms with Gasteiger partial charge in [0.2, 0.25) is 5.91 Å². The second-order valence-electron chi connectivity index (χ2n) is 5.05. The van der Waals surface area contributed by atoms with Crippen LogP contribution in [0.2, 0.25) is 0 Å². The molecule has 0 bridgehead atoms. The number of methoxy groups -OCH3 is 1. The fourth-order valence-electron chi connectivity index (χ4n) is 2.47. The van der Waals surface area contributed by atoms with E-state index in [0.29, 0.717) is 11.3 Å². The van der Waals surface area contributed by atoms with Crippen molar-refractivity contribution in [1.29, 1.82) is 0 Å². The number of para-hydroxylation sites is 1. The molecule has 20 heavy (non-hydrogen) atoms. The summed E-state index contributed by atoms with van der Waals surface area (Å²) in [4.78, 5) is 12.0. The lowest BCUT2D eigenvalue weighted by molar-refractivity contribution is -0.125. The number of rotatable bonds is 5. The van der Waals surface area contributed by atoms with Crippen molar-refractivity contribution in [2.45, 2.75) is 18.9 Å². The number of carbonyl (C=O) groups is 1. The summed E-state index contributed by atoms with van der Waals surface area (Å²) in [6.45, 7) is 1.90. The van der Waals surface area contributed by atoms with E-state index >= 15 is 0 Å². The summed E-state index contributed by atoms with van der Waals surface area (Å²) in [5.74, 6) is 0.647. The highest BCUT2D eigenvalue weighted by Crippen LogP contribution is 2.24. The Morgan fingerprint density at radius 3 is 3.05 bits per heavy atom. The molecule has 1 aliphatic heterocycles. The molecule has 5 heteroatoms. The van der Waals surface area contributed by atoms with Gasteiger partial charge in [0.05, 0.1) is 19.1 Å². The largest absolute Gasteiger partial charge is 0.496 e. The Labute approximate surface area is 119 Å². The quantitative estimate of drug-likeness (QED) is 0.746. The number of carbonyl (C=O) groups excluding carboxylic acids is 1. The van der Waals surface area contributed by atoms with E-state index in [1.807, 2.05) is 12.1 Å². The van der Waals surface area contributed by atoms with Crippen LogP contribution in [0.4, 0.5) is 0 Å². The van der Waals surface area contributed by atoms with Gasteiger partial charge in [0.1, 0.15) is 5.75 Å². The van der Waals surface area contributed by atoms with Crippen LogP contribution in [0.1, 0.15) is 24.5 Å².